The van der Waals surface area contributed by atoms with Crippen LogP contribution in [0.4, 0.5) is 4.39 Å². The highest BCUT2D eigenvalue weighted by Crippen LogP contribution is 2.37. The lowest BCUT2D eigenvalue weighted by Gasteiger charge is -2.28. The summed E-state index contributed by atoms with van der Waals surface area (Å²) in [7, 11) is 0. The van der Waals surface area contributed by atoms with Crippen LogP contribution in [0.25, 0.3) is 27.6 Å². The zero-order valence-electron chi connectivity index (χ0n) is 23.4. The Balaban J connectivity index is 1.08. The number of carboxylic acid groups (broad SMARTS) is 1. The fraction of sp³-hybridized carbons (Fsp3) is 0.294. The minimum Gasteiger partial charge on any atom is -0.488 e. The predicted molar refractivity (Wildman–Crippen MR) is 162 cm³/mol. The van der Waals surface area contributed by atoms with Crippen molar-refractivity contribution in [1.82, 2.24) is 9.55 Å². The molecule has 220 valence electrons. The van der Waals surface area contributed by atoms with Crippen LogP contribution in [0.2, 0.25) is 5.02 Å². The van der Waals surface area contributed by atoms with Gasteiger partial charge in [0.25, 0.3) is 6.01 Å². The van der Waals surface area contributed by atoms with E-state index in [1.54, 1.807) is 30.3 Å². The standard InChI is InChI=1S/C34H30ClFN2O5/c35-27-11-9-23(33-26(27)17-31(36)43-33)19-42-30-4-2-1-3-25(30)21-7-5-20(6-8-21)15-32-37-28-12-10-22(34(39)40)16-29(28)38(32)18-24-13-14-41-24/h1-4,7,9-12,16-17,20,24H,5-6,8,13-15,18-19H2,(H,39,40)/t20?,24-/m0/s1. The third-order valence-corrected chi connectivity index (χ3v) is 8.87. The van der Waals surface area contributed by atoms with Gasteiger partial charge in [0.2, 0.25) is 0 Å². The monoisotopic (exact) mass is 600 g/mol. The molecule has 3 heterocycles. The van der Waals surface area contributed by atoms with Crippen molar-refractivity contribution in [3.8, 4) is 5.75 Å². The second-order valence-electron chi connectivity index (χ2n) is 11.3. The number of aromatic carboxylic acids is 1. The number of fused-ring (bicyclic) bond motifs is 2. The van der Waals surface area contributed by atoms with Crippen molar-refractivity contribution in [2.75, 3.05) is 6.61 Å². The largest absolute Gasteiger partial charge is 0.488 e. The molecule has 0 amide bonds. The van der Waals surface area contributed by atoms with Crippen LogP contribution in [-0.2, 0) is 24.3 Å². The average molecular weight is 601 g/mol. The van der Waals surface area contributed by atoms with Crippen molar-refractivity contribution in [1.29, 1.82) is 0 Å². The molecule has 1 aliphatic carbocycles. The molecular weight excluding hydrogens is 571 g/mol. The van der Waals surface area contributed by atoms with Crippen molar-refractivity contribution in [3.63, 3.8) is 0 Å². The lowest BCUT2D eigenvalue weighted by Crippen LogP contribution is -2.32. The highest BCUT2D eigenvalue weighted by Gasteiger charge is 2.25. The number of benzene rings is 3. The summed E-state index contributed by atoms with van der Waals surface area (Å²) in [5, 5.41) is 10.5. The lowest BCUT2D eigenvalue weighted by atomic mass is 9.84. The number of carbonyl (C=O) groups is 1. The number of hydrogen-bond acceptors (Lipinski definition) is 5. The molecule has 0 bridgehead atoms. The number of nitrogens with zero attached hydrogens (tertiary/aromatic N) is 2. The number of hydrogen-bond donors (Lipinski definition) is 1. The Morgan fingerprint density at radius 2 is 2.00 bits per heavy atom. The van der Waals surface area contributed by atoms with Crippen molar-refractivity contribution in [2.45, 2.75) is 51.4 Å². The van der Waals surface area contributed by atoms with Gasteiger partial charge >= 0.3 is 5.97 Å². The van der Waals surface area contributed by atoms with Crippen LogP contribution >= 0.6 is 11.6 Å². The van der Waals surface area contributed by atoms with E-state index in [1.165, 1.54) is 11.6 Å². The fourth-order valence-electron chi connectivity index (χ4n) is 6.12. The predicted octanol–water partition coefficient (Wildman–Crippen LogP) is 8.07. The maximum atomic E-state index is 13.8. The van der Waals surface area contributed by atoms with Gasteiger partial charge in [-0.2, -0.15) is 4.39 Å². The van der Waals surface area contributed by atoms with Crippen molar-refractivity contribution >= 4 is 45.1 Å². The Labute approximate surface area is 252 Å². The van der Waals surface area contributed by atoms with E-state index in [0.29, 0.717) is 28.5 Å². The van der Waals surface area contributed by atoms with Crippen LogP contribution in [0.5, 0.6) is 5.75 Å². The molecule has 1 saturated heterocycles. The molecule has 0 spiro atoms. The quantitative estimate of drug-likeness (QED) is 0.184. The summed E-state index contributed by atoms with van der Waals surface area (Å²) in [6.07, 6.45) is 7.02. The normalized spacial score (nSPS) is 18.5. The van der Waals surface area contributed by atoms with E-state index in [2.05, 4.69) is 16.7 Å². The van der Waals surface area contributed by atoms with Gasteiger partial charge in [0.15, 0.2) is 0 Å². The van der Waals surface area contributed by atoms with Crippen LogP contribution in [-0.4, -0.2) is 33.3 Å². The molecule has 7 nitrogen and oxygen atoms in total. The maximum absolute atomic E-state index is 13.8. The zero-order chi connectivity index (χ0) is 29.5. The number of imidazole rings is 1. The van der Waals surface area contributed by atoms with Gasteiger partial charge in [-0.05, 0) is 67.5 Å². The van der Waals surface area contributed by atoms with Gasteiger partial charge in [0, 0.05) is 35.6 Å². The number of ether oxygens (including phenoxy) is 2. The first-order chi connectivity index (χ1) is 20.9. The number of aromatic nitrogens is 2. The first-order valence-electron chi connectivity index (χ1n) is 14.5. The SMILES string of the molecule is O=C(O)c1ccc2nc(CC3CC=C(c4ccccc4OCc4ccc(Cl)c5cc(F)oc45)CC3)n(C[C@@H]3CCO3)c2c1. The maximum Gasteiger partial charge on any atom is 0.335 e. The van der Waals surface area contributed by atoms with E-state index in [4.69, 9.17) is 30.5 Å². The Kier molecular flexibility index (Phi) is 7.41. The number of allylic oxidation sites excluding steroid dienone is 2. The summed E-state index contributed by atoms with van der Waals surface area (Å²) in [5.41, 5.74) is 5.33. The highest BCUT2D eigenvalue weighted by molar-refractivity contribution is 6.35. The number of rotatable bonds is 9. The number of halogens is 2. The molecular formula is C34H30ClFN2O5. The molecule has 2 aliphatic rings. The highest BCUT2D eigenvalue weighted by atomic mass is 35.5. The smallest absolute Gasteiger partial charge is 0.335 e. The minimum absolute atomic E-state index is 0.134. The van der Waals surface area contributed by atoms with Gasteiger partial charge in [0.1, 0.15) is 23.8 Å². The Morgan fingerprint density at radius 3 is 2.77 bits per heavy atom. The summed E-state index contributed by atoms with van der Waals surface area (Å²) in [4.78, 5) is 16.6. The average Bonchev–Trinajstić information content (AvgIpc) is 3.55. The molecule has 5 aromatic rings. The number of para-hydroxylation sites is 1. The molecule has 1 unspecified atom stereocenters. The van der Waals surface area contributed by atoms with Crippen LogP contribution < -0.4 is 4.74 Å². The van der Waals surface area contributed by atoms with Crippen molar-refractivity contribution in [2.24, 2.45) is 5.92 Å². The van der Waals surface area contributed by atoms with Crippen LogP contribution in [0.1, 0.15) is 53.0 Å². The third-order valence-electron chi connectivity index (χ3n) is 8.54. The Bertz CT molecular complexity index is 1870. The fourth-order valence-corrected chi connectivity index (χ4v) is 6.32. The number of furan rings is 1. The molecule has 1 fully saturated rings. The summed E-state index contributed by atoms with van der Waals surface area (Å²) in [6.45, 7) is 1.66. The molecule has 2 aromatic heterocycles. The van der Waals surface area contributed by atoms with Crippen LogP contribution in [0.3, 0.4) is 0 Å². The first kappa shape index (κ1) is 27.7. The van der Waals surface area contributed by atoms with Crippen molar-refractivity contribution < 1.29 is 28.2 Å². The molecule has 1 aliphatic heterocycles. The molecule has 0 radical (unpaired) electrons. The molecule has 43 heavy (non-hydrogen) atoms. The van der Waals surface area contributed by atoms with Crippen molar-refractivity contribution in [3.05, 3.63) is 100 Å². The lowest BCUT2D eigenvalue weighted by molar-refractivity contribution is -0.0590. The topological polar surface area (TPSA) is 86.7 Å². The van der Waals surface area contributed by atoms with E-state index in [9.17, 15) is 14.3 Å². The second-order valence-corrected chi connectivity index (χ2v) is 11.7. The molecule has 3 aromatic carbocycles. The summed E-state index contributed by atoms with van der Waals surface area (Å²) in [5.74, 6) is 1.20. The van der Waals surface area contributed by atoms with E-state index in [0.717, 1.165) is 72.4 Å². The molecule has 1 N–H and O–H groups in total. The summed E-state index contributed by atoms with van der Waals surface area (Å²) in [6, 6.07) is 17.3. The van der Waals surface area contributed by atoms with Gasteiger partial charge in [-0.25, -0.2) is 9.78 Å². The molecule has 2 atom stereocenters. The first-order valence-corrected chi connectivity index (χ1v) is 14.9. The van der Waals surface area contributed by atoms with E-state index >= 15 is 0 Å². The summed E-state index contributed by atoms with van der Waals surface area (Å²) < 4.78 is 33.2. The minimum atomic E-state index is -0.943. The van der Waals surface area contributed by atoms with Gasteiger partial charge in [-0.15, -0.1) is 0 Å². The number of carboxylic acids is 1. The van der Waals surface area contributed by atoms with E-state index < -0.39 is 12.0 Å². The van der Waals surface area contributed by atoms with Crippen LogP contribution in [0, 0.1) is 11.9 Å². The van der Waals surface area contributed by atoms with Gasteiger partial charge in [0.05, 0.1) is 34.3 Å². The second kappa shape index (κ2) is 11.5. The molecule has 9 heteroatoms. The Morgan fingerprint density at radius 1 is 1.14 bits per heavy atom. The Hall–Kier alpha value is -4.14. The summed E-state index contributed by atoms with van der Waals surface area (Å²) >= 11 is 6.22. The van der Waals surface area contributed by atoms with Crippen LogP contribution in [0.15, 0.2) is 71.2 Å². The third kappa shape index (κ3) is 5.53. The van der Waals surface area contributed by atoms with E-state index in [1.807, 2.05) is 18.2 Å². The van der Waals surface area contributed by atoms with Gasteiger partial charge in [-0.3, -0.25) is 0 Å². The van der Waals surface area contributed by atoms with Gasteiger partial charge < -0.3 is 23.6 Å². The molecule has 0 saturated carbocycles. The van der Waals surface area contributed by atoms with Gasteiger partial charge in [-0.1, -0.05) is 41.9 Å². The van der Waals surface area contributed by atoms with E-state index in [-0.39, 0.29) is 18.3 Å². The molecule has 7 rings (SSSR count). The zero-order valence-corrected chi connectivity index (χ0v) is 24.1.